The van der Waals surface area contributed by atoms with Gasteiger partial charge in [-0.25, -0.2) is 4.39 Å². The molecule has 0 N–H and O–H groups in total. The average Bonchev–Trinajstić information content (AvgIpc) is 3.16. The van der Waals surface area contributed by atoms with E-state index in [0.29, 0.717) is 40.2 Å². The quantitative estimate of drug-likeness (QED) is 0.282. The largest absolute Gasteiger partial charge is 0.493 e. The van der Waals surface area contributed by atoms with Gasteiger partial charge in [0.15, 0.2) is 16.9 Å². The van der Waals surface area contributed by atoms with Crippen molar-refractivity contribution < 1.29 is 23.1 Å². The number of hydrogen-bond donors (Lipinski definition) is 0. The summed E-state index contributed by atoms with van der Waals surface area (Å²) < 4.78 is 31.0. The summed E-state index contributed by atoms with van der Waals surface area (Å²) in [5, 5.41) is 0.675. The Labute approximate surface area is 218 Å². The molecule has 8 heteroatoms. The van der Waals surface area contributed by atoms with Crippen LogP contribution >= 0.6 is 11.6 Å². The van der Waals surface area contributed by atoms with E-state index in [0.717, 1.165) is 0 Å². The van der Waals surface area contributed by atoms with Crippen molar-refractivity contribution in [3.05, 3.63) is 104 Å². The first-order chi connectivity index (χ1) is 17.8. The monoisotopic (exact) mass is 521 g/mol. The third kappa shape index (κ3) is 4.67. The molecule has 3 aromatic carbocycles. The van der Waals surface area contributed by atoms with E-state index in [2.05, 4.69) is 0 Å². The van der Waals surface area contributed by atoms with Gasteiger partial charge in [0.2, 0.25) is 5.76 Å². The number of benzene rings is 3. The van der Waals surface area contributed by atoms with Gasteiger partial charge in [-0.1, -0.05) is 43.6 Å². The molecule has 1 aromatic heterocycles. The third-order valence-electron chi connectivity index (χ3n) is 6.27. The van der Waals surface area contributed by atoms with Gasteiger partial charge < -0.3 is 18.8 Å². The standard InChI is InChI=1S/C29H25ClFNO5/c1-16(2)15-36-23-10-6-18(12-24(23)35-3)26-25-27(33)21-13-19(30)7-11-22(21)37-28(25)29(34)32(26)14-17-4-8-20(31)9-5-17/h4-13,16,26H,14-15H2,1-3H3. The Bertz CT molecular complexity index is 1550. The zero-order valence-electron chi connectivity index (χ0n) is 20.6. The van der Waals surface area contributed by atoms with E-state index in [4.69, 9.17) is 25.5 Å². The molecule has 1 aliphatic heterocycles. The van der Waals surface area contributed by atoms with Crippen LogP contribution in [-0.4, -0.2) is 24.5 Å². The van der Waals surface area contributed by atoms with Gasteiger partial charge >= 0.3 is 0 Å². The third-order valence-corrected chi connectivity index (χ3v) is 6.50. The van der Waals surface area contributed by atoms with Crippen molar-refractivity contribution in [3.8, 4) is 11.5 Å². The molecule has 0 fully saturated rings. The molecule has 37 heavy (non-hydrogen) atoms. The van der Waals surface area contributed by atoms with Crippen LogP contribution in [0.25, 0.3) is 11.0 Å². The summed E-state index contributed by atoms with van der Waals surface area (Å²) in [6.07, 6.45) is 0. The predicted molar refractivity (Wildman–Crippen MR) is 139 cm³/mol. The minimum atomic E-state index is -0.764. The van der Waals surface area contributed by atoms with Gasteiger partial charge in [0, 0.05) is 11.6 Å². The second-order valence-electron chi connectivity index (χ2n) is 9.39. The SMILES string of the molecule is COc1cc(C2c3c(oc4ccc(Cl)cc4c3=O)C(=O)N2Cc2ccc(F)cc2)ccc1OCC(C)C. The van der Waals surface area contributed by atoms with Crippen molar-refractivity contribution in [1.29, 1.82) is 0 Å². The lowest BCUT2D eigenvalue weighted by Crippen LogP contribution is -2.29. The number of rotatable bonds is 7. The summed E-state index contributed by atoms with van der Waals surface area (Å²) in [5.41, 5.74) is 1.52. The summed E-state index contributed by atoms with van der Waals surface area (Å²) in [5.74, 6) is 0.530. The number of carbonyl (C=O) groups excluding carboxylic acids is 1. The Hall–Kier alpha value is -3.84. The van der Waals surface area contributed by atoms with Gasteiger partial charge in [0.25, 0.3) is 5.91 Å². The van der Waals surface area contributed by atoms with Crippen LogP contribution in [0.1, 0.15) is 47.1 Å². The number of methoxy groups -OCH3 is 1. The number of fused-ring (bicyclic) bond motifs is 2. The first kappa shape index (κ1) is 24.8. The van der Waals surface area contributed by atoms with E-state index in [9.17, 15) is 14.0 Å². The fourth-order valence-electron chi connectivity index (χ4n) is 4.52. The highest BCUT2D eigenvalue weighted by Crippen LogP contribution is 2.42. The van der Waals surface area contributed by atoms with E-state index < -0.39 is 11.9 Å². The lowest BCUT2D eigenvalue weighted by atomic mass is 9.97. The molecule has 1 amide bonds. The van der Waals surface area contributed by atoms with Gasteiger partial charge in [-0.05, 0) is 59.5 Å². The fraction of sp³-hybridized carbons (Fsp3) is 0.241. The number of halogens is 2. The fourth-order valence-corrected chi connectivity index (χ4v) is 4.69. The Morgan fingerprint density at radius 1 is 1.03 bits per heavy atom. The molecule has 6 nitrogen and oxygen atoms in total. The van der Waals surface area contributed by atoms with Crippen molar-refractivity contribution in [2.75, 3.05) is 13.7 Å². The van der Waals surface area contributed by atoms with E-state index in [-0.39, 0.29) is 40.1 Å². The van der Waals surface area contributed by atoms with Gasteiger partial charge in [0.1, 0.15) is 11.4 Å². The summed E-state index contributed by atoms with van der Waals surface area (Å²) in [6, 6.07) is 15.2. The molecule has 2 heterocycles. The Morgan fingerprint density at radius 3 is 2.49 bits per heavy atom. The normalized spacial score (nSPS) is 14.9. The van der Waals surface area contributed by atoms with Gasteiger partial charge in [0.05, 0.1) is 30.7 Å². The highest BCUT2D eigenvalue weighted by atomic mass is 35.5. The first-order valence-corrected chi connectivity index (χ1v) is 12.3. The van der Waals surface area contributed by atoms with Crippen LogP contribution in [0, 0.1) is 11.7 Å². The molecule has 4 aromatic rings. The molecule has 1 atom stereocenters. The number of ether oxygens (including phenoxy) is 2. The smallest absolute Gasteiger partial charge is 0.291 e. The number of amides is 1. The minimum absolute atomic E-state index is 0.0222. The molecule has 0 bridgehead atoms. The Balaban J connectivity index is 1.67. The number of nitrogens with zero attached hydrogens (tertiary/aromatic N) is 1. The number of carbonyl (C=O) groups is 1. The maximum atomic E-state index is 13.7. The van der Waals surface area contributed by atoms with E-state index >= 15 is 0 Å². The second kappa shape index (κ2) is 9.90. The second-order valence-corrected chi connectivity index (χ2v) is 9.83. The van der Waals surface area contributed by atoms with Crippen LogP contribution in [-0.2, 0) is 6.54 Å². The molecule has 190 valence electrons. The van der Waals surface area contributed by atoms with E-state index in [1.807, 2.05) is 19.9 Å². The predicted octanol–water partition coefficient (Wildman–Crippen LogP) is 6.37. The van der Waals surface area contributed by atoms with Crippen molar-refractivity contribution >= 4 is 28.5 Å². The van der Waals surface area contributed by atoms with Crippen LogP contribution in [0.5, 0.6) is 11.5 Å². The summed E-state index contributed by atoms with van der Waals surface area (Å²) in [7, 11) is 1.54. The molecule has 0 saturated heterocycles. The summed E-state index contributed by atoms with van der Waals surface area (Å²) in [6.45, 7) is 4.74. The average molecular weight is 522 g/mol. The van der Waals surface area contributed by atoms with Gasteiger partial charge in [-0.15, -0.1) is 0 Å². The molecule has 0 spiro atoms. The Kier molecular flexibility index (Phi) is 6.65. The topological polar surface area (TPSA) is 69.0 Å². The van der Waals surface area contributed by atoms with Crippen LogP contribution in [0.15, 0.2) is 69.9 Å². The maximum absolute atomic E-state index is 13.7. The van der Waals surface area contributed by atoms with Crippen molar-refractivity contribution in [2.24, 2.45) is 5.92 Å². The Morgan fingerprint density at radius 2 is 1.78 bits per heavy atom. The molecular formula is C29H25ClFNO5. The molecule has 0 saturated carbocycles. The van der Waals surface area contributed by atoms with Crippen LogP contribution in [0.2, 0.25) is 5.02 Å². The van der Waals surface area contributed by atoms with Crippen molar-refractivity contribution in [3.63, 3.8) is 0 Å². The summed E-state index contributed by atoms with van der Waals surface area (Å²) >= 11 is 6.16. The van der Waals surface area contributed by atoms with Crippen LogP contribution in [0.3, 0.4) is 0 Å². The lowest BCUT2D eigenvalue weighted by Gasteiger charge is -2.26. The molecule has 0 aliphatic carbocycles. The van der Waals surface area contributed by atoms with Gasteiger partial charge in [-0.3, -0.25) is 9.59 Å². The maximum Gasteiger partial charge on any atom is 0.291 e. The zero-order valence-corrected chi connectivity index (χ0v) is 21.3. The molecule has 0 radical (unpaired) electrons. The minimum Gasteiger partial charge on any atom is -0.493 e. The summed E-state index contributed by atoms with van der Waals surface area (Å²) in [4.78, 5) is 28.9. The molecule has 5 rings (SSSR count). The van der Waals surface area contributed by atoms with Crippen LogP contribution in [0.4, 0.5) is 4.39 Å². The van der Waals surface area contributed by atoms with Gasteiger partial charge in [-0.2, -0.15) is 0 Å². The highest BCUT2D eigenvalue weighted by molar-refractivity contribution is 6.31. The van der Waals surface area contributed by atoms with Crippen molar-refractivity contribution in [1.82, 2.24) is 4.90 Å². The number of hydrogen-bond acceptors (Lipinski definition) is 5. The van der Waals surface area contributed by atoms with Crippen LogP contribution < -0.4 is 14.9 Å². The molecule has 1 aliphatic rings. The highest BCUT2D eigenvalue weighted by Gasteiger charge is 2.43. The van der Waals surface area contributed by atoms with E-state index in [1.54, 1.807) is 41.3 Å². The molecular weight excluding hydrogens is 497 g/mol. The van der Waals surface area contributed by atoms with Crippen molar-refractivity contribution in [2.45, 2.75) is 26.4 Å². The van der Waals surface area contributed by atoms with E-state index in [1.165, 1.54) is 25.3 Å². The molecule has 1 unspecified atom stereocenters. The lowest BCUT2D eigenvalue weighted by molar-refractivity contribution is 0.0714. The first-order valence-electron chi connectivity index (χ1n) is 11.9. The zero-order chi connectivity index (χ0) is 26.3.